The highest BCUT2D eigenvalue weighted by atomic mass is 16.6. The molecule has 0 atom stereocenters. The second kappa shape index (κ2) is 30.0. The van der Waals surface area contributed by atoms with Crippen LogP contribution in [0.3, 0.4) is 0 Å². The number of rotatable bonds is 29. The predicted molar refractivity (Wildman–Crippen MR) is 248 cm³/mol. The lowest BCUT2D eigenvalue weighted by Crippen LogP contribution is -2.15. The number of carboxylic acids is 2. The molecule has 0 radical (unpaired) electrons. The summed E-state index contributed by atoms with van der Waals surface area (Å²) in [4.78, 5) is 69.5. The molecular weight excluding hydrogens is 853 g/mol. The zero-order valence-corrected chi connectivity index (χ0v) is 37.4. The van der Waals surface area contributed by atoms with Gasteiger partial charge in [-0.05, 0) is 67.3 Å². The molecule has 0 unspecified atom stereocenters. The van der Waals surface area contributed by atoms with Crippen LogP contribution in [0.1, 0.15) is 132 Å². The summed E-state index contributed by atoms with van der Waals surface area (Å²) in [5, 5.41) is 30.1. The Bertz CT molecular complexity index is 2190. The summed E-state index contributed by atoms with van der Waals surface area (Å²) in [6.07, 6.45) is 14.3. The number of aromatic carboxylic acids is 2. The third kappa shape index (κ3) is 19.3. The number of carbonyl (C=O) groups is 5. The molecule has 16 nitrogen and oxygen atoms in total. The van der Waals surface area contributed by atoms with Crippen LogP contribution in [-0.2, 0) is 19.0 Å². The maximum absolute atomic E-state index is 12.5. The van der Waals surface area contributed by atoms with Gasteiger partial charge in [0.25, 0.3) is 0 Å². The van der Waals surface area contributed by atoms with Gasteiger partial charge in [-0.25, -0.2) is 24.0 Å². The van der Waals surface area contributed by atoms with Gasteiger partial charge in [0.2, 0.25) is 0 Å². The maximum atomic E-state index is 12.5. The van der Waals surface area contributed by atoms with Crippen molar-refractivity contribution in [2.45, 2.75) is 90.4 Å². The first kappa shape index (κ1) is 53.1. The summed E-state index contributed by atoms with van der Waals surface area (Å²) in [6.45, 7) is 6.77. The molecule has 0 fully saturated rings. The molecule has 4 rings (SSSR count). The molecule has 0 heterocycles. The Morgan fingerprint density at radius 3 is 1.77 bits per heavy atom. The van der Waals surface area contributed by atoms with Crippen molar-refractivity contribution >= 4 is 41.2 Å². The van der Waals surface area contributed by atoms with E-state index < -0.39 is 39.9 Å². The van der Waals surface area contributed by atoms with Crippen molar-refractivity contribution in [1.29, 1.82) is 0 Å². The third-order valence-corrected chi connectivity index (χ3v) is 9.95. The number of esters is 3. The summed E-state index contributed by atoms with van der Waals surface area (Å²) >= 11 is 0. The smallest absolute Gasteiger partial charge is 0.339 e. The first-order chi connectivity index (χ1) is 31.9. The number of nitro groups is 1. The number of anilines is 1. The monoisotopic (exact) mass is 912 g/mol. The van der Waals surface area contributed by atoms with Gasteiger partial charge in [-0.3, -0.25) is 10.1 Å². The number of nitro benzene ring substituents is 1. The average Bonchev–Trinajstić information content (AvgIpc) is 3.31. The van der Waals surface area contributed by atoms with E-state index >= 15 is 0 Å². The molecule has 354 valence electrons. The highest BCUT2D eigenvalue weighted by Crippen LogP contribution is 2.37. The van der Waals surface area contributed by atoms with E-state index in [0.29, 0.717) is 24.3 Å². The largest absolute Gasteiger partial charge is 0.494 e. The first-order valence-electron chi connectivity index (χ1n) is 22.1. The van der Waals surface area contributed by atoms with Crippen molar-refractivity contribution in [1.82, 2.24) is 0 Å². The normalized spacial score (nSPS) is 10.4. The van der Waals surface area contributed by atoms with Crippen LogP contribution in [0.5, 0.6) is 11.5 Å². The number of benzene rings is 4. The number of ether oxygens (including phenoxy) is 5. The van der Waals surface area contributed by atoms with Gasteiger partial charge in [0.1, 0.15) is 5.75 Å². The molecular formula is C50H60N2O14. The maximum Gasteiger partial charge on any atom is 0.339 e. The molecule has 4 aromatic carbocycles. The number of carbonyl (C=O) groups excluding carboxylic acids is 3. The number of nitrogens with two attached hydrogens (primary N) is 1. The lowest BCUT2D eigenvalue weighted by molar-refractivity contribution is -0.385. The van der Waals surface area contributed by atoms with E-state index in [-0.39, 0.29) is 53.9 Å². The van der Waals surface area contributed by atoms with Crippen LogP contribution in [0, 0.1) is 10.1 Å². The highest BCUT2D eigenvalue weighted by Gasteiger charge is 2.22. The predicted octanol–water partition coefficient (Wildman–Crippen LogP) is 10.5. The number of hydrogen-bond acceptors (Lipinski definition) is 13. The summed E-state index contributed by atoms with van der Waals surface area (Å²) in [5.41, 5.74) is 6.33. The lowest BCUT2D eigenvalue weighted by Gasteiger charge is -2.12. The van der Waals surface area contributed by atoms with Gasteiger partial charge < -0.3 is 39.6 Å². The van der Waals surface area contributed by atoms with Crippen LogP contribution < -0.4 is 15.2 Å². The van der Waals surface area contributed by atoms with Crippen LogP contribution in [-0.4, -0.2) is 78.0 Å². The van der Waals surface area contributed by atoms with E-state index in [1.54, 1.807) is 12.1 Å². The minimum absolute atomic E-state index is 0.0874. The molecule has 0 amide bonds. The molecule has 0 bridgehead atoms. The Labute approximate surface area is 384 Å². The lowest BCUT2D eigenvalue weighted by atomic mass is 10.0. The Hall–Kier alpha value is -7.23. The standard InChI is InChI=1S/C33H36N2O11.C17H24O3/c1-2-3-4-5-6-7-15-44-29-20-27(34)25(19-28(29)35(42)43)21-9-11-22(12-10-21)32(40)45-16-8-17-46-33(41)26-18-23(30(36)37)13-14-24(26)31(38)39;1-2-17(18)20-15-11-6-4-3-5-10-14-19-16-12-8-7-9-13-16/h9-14,18-20H,2-8,15-17,34H2,1H3,(H,36,37)(H,38,39);2,7-9,12-13H,1,3-6,10-11,14-15H2. The Morgan fingerprint density at radius 1 is 0.621 bits per heavy atom. The SMILES string of the molecule is C=CC(=O)OCCCCCCCCOc1ccccc1.CCCCCCCCOc1cc(N)c(-c2ccc(C(=O)OCCCOC(=O)c3cc(C(=O)O)ccc3C(=O)O)cc2)cc1[N+](=O)[O-]. The molecule has 0 saturated carbocycles. The zero-order chi connectivity index (χ0) is 48.1. The minimum Gasteiger partial charge on any atom is -0.494 e. The molecule has 4 N–H and O–H groups in total. The van der Waals surface area contributed by atoms with Crippen LogP contribution in [0.15, 0.2) is 97.6 Å². The molecule has 0 aliphatic rings. The number of para-hydroxylation sites is 1. The van der Waals surface area contributed by atoms with E-state index in [0.717, 1.165) is 81.9 Å². The van der Waals surface area contributed by atoms with Crippen LogP contribution in [0.2, 0.25) is 0 Å². The van der Waals surface area contributed by atoms with Crippen LogP contribution in [0.25, 0.3) is 11.1 Å². The number of carboxylic acid groups (broad SMARTS) is 2. The van der Waals surface area contributed by atoms with Crippen LogP contribution in [0.4, 0.5) is 11.4 Å². The Balaban J connectivity index is 0.000000482. The van der Waals surface area contributed by atoms with Crippen molar-refractivity contribution < 1.29 is 62.8 Å². The third-order valence-electron chi connectivity index (χ3n) is 9.95. The zero-order valence-electron chi connectivity index (χ0n) is 37.4. The minimum atomic E-state index is -1.42. The number of nitrogens with zero attached hydrogens (tertiary/aromatic N) is 1. The van der Waals surface area contributed by atoms with Gasteiger partial charge >= 0.3 is 35.5 Å². The number of nitrogen functional groups attached to an aromatic ring is 1. The molecule has 0 aliphatic carbocycles. The van der Waals surface area contributed by atoms with Gasteiger partial charge in [-0.2, -0.15) is 0 Å². The summed E-state index contributed by atoms with van der Waals surface area (Å²) in [6, 6.07) is 21.8. The highest BCUT2D eigenvalue weighted by molar-refractivity contribution is 6.04. The number of unbranched alkanes of at least 4 members (excludes halogenated alkanes) is 10. The van der Waals surface area contributed by atoms with Gasteiger partial charge in [0.15, 0.2) is 5.75 Å². The first-order valence-corrected chi connectivity index (χ1v) is 22.1. The van der Waals surface area contributed by atoms with Gasteiger partial charge in [0.05, 0.1) is 60.2 Å². The van der Waals surface area contributed by atoms with Gasteiger partial charge in [0, 0.05) is 35.9 Å². The van der Waals surface area contributed by atoms with E-state index in [9.17, 15) is 39.2 Å². The Morgan fingerprint density at radius 2 is 1.18 bits per heavy atom. The summed E-state index contributed by atoms with van der Waals surface area (Å²) in [7, 11) is 0. The average molecular weight is 913 g/mol. The molecule has 0 aromatic heterocycles. The van der Waals surface area contributed by atoms with Crippen molar-refractivity contribution in [3.63, 3.8) is 0 Å². The van der Waals surface area contributed by atoms with E-state index in [1.807, 2.05) is 30.3 Å². The quantitative estimate of drug-likeness (QED) is 0.00873. The molecule has 4 aromatic rings. The second-order valence-corrected chi connectivity index (χ2v) is 15.0. The van der Waals surface area contributed by atoms with E-state index in [1.165, 1.54) is 56.0 Å². The van der Waals surface area contributed by atoms with E-state index in [4.69, 9.17) is 34.5 Å². The molecule has 0 saturated heterocycles. The van der Waals surface area contributed by atoms with Crippen molar-refractivity contribution in [2.75, 3.05) is 38.8 Å². The van der Waals surface area contributed by atoms with Crippen LogP contribution >= 0.6 is 0 Å². The second-order valence-electron chi connectivity index (χ2n) is 15.0. The molecule has 0 spiro atoms. The summed E-state index contributed by atoms with van der Waals surface area (Å²) in [5.74, 6) is -3.75. The van der Waals surface area contributed by atoms with E-state index in [2.05, 4.69) is 13.5 Å². The fourth-order valence-electron chi connectivity index (χ4n) is 6.37. The van der Waals surface area contributed by atoms with Crippen molar-refractivity contribution in [3.05, 3.63) is 130 Å². The van der Waals surface area contributed by atoms with Crippen molar-refractivity contribution in [3.8, 4) is 22.6 Å². The van der Waals surface area contributed by atoms with Gasteiger partial charge in [-0.15, -0.1) is 0 Å². The summed E-state index contributed by atoms with van der Waals surface area (Å²) < 4.78 is 26.5. The number of hydrogen-bond donors (Lipinski definition) is 3. The van der Waals surface area contributed by atoms with Crippen molar-refractivity contribution in [2.24, 2.45) is 0 Å². The molecule has 66 heavy (non-hydrogen) atoms. The van der Waals surface area contributed by atoms with Gasteiger partial charge in [-0.1, -0.05) is 102 Å². The molecule has 16 heteroatoms. The fraction of sp³-hybridized carbons (Fsp3) is 0.380. The topological polar surface area (TPSA) is 241 Å². The fourth-order valence-corrected chi connectivity index (χ4v) is 6.37. The Kier molecular flexibility index (Phi) is 24.1. The molecule has 0 aliphatic heterocycles.